The lowest BCUT2D eigenvalue weighted by atomic mass is 9.87. The molecule has 0 radical (unpaired) electrons. The molecule has 19 heavy (non-hydrogen) atoms. The maximum atomic E-state index is 11.9. The monoisotopic (exact) mass is 263 g/mol. The van der Waals surface area contributed by atoms with E-state index in [0.29, 0.717) is 5.69 Å². The topological polar surface area (TPSA) is 98.2 Å². The lowest BCUT2D eigenvalue weighted by molar-refractivity contribution is -0.119. The summed E-state index contributed by atoms with van der Waals surface area (Å²) in [6.45, 7) is 5.73. The Labute approximate surface area is 113 Å². The Morgan fingerprint density at radius 1 is 1.21 bits per heavy atom. The normalized spacial score (nSPS) is 12.8. The molecule has 5 heteroatoms. The van der Waals surface area contributed by atoms with Gasteiger partial charge in [-0.1, -0.05) is 32.9 Å². The Hall–Kier alpha value is -1.88. The minimum Gasteiger partial charge on any atom is -0.369 e. The van der Waals surface area contributed by atoms with Gasteiger partial charge in [0.2, 0.25) is 11.8 Å². The van der Waals surface area contributed by atoms with Gasteiger partial charge in [-0.25, -0.2) is 0 Å². The molecule has 0 bridgehead atoms. The predicted molar refractivity (Wildman–Crippen MR) is 75.4 cm³/mol. The van der Waals surface area contributed by atoms with Gasteiger partial charge in [0.15, 0.2) is 0 Å². The first kappa shape index (κ1) is 15.2. The number of carbonyl (C=O) groups excluding carboxylic acids is 2. The molecule has 2 amide bonds. The molecule has 0 saturated carbocycles. The van der Waals surface area contributed by atoms with Crippen LogP contribution in [0.1, 0.15) is 26.3 Å². The summed E-state index contributed by atoms with van der Waals surface area (Å²) < 4.78 is 0. The Bertz CT molecular complexity index is 461. The van der Waals surface area contributed by atoms with Gasteiger partial charge in [-0.05, 0) is 23.1 Å². The number of nitrogens with two attached hydrogens (primary N) is 2. The van der Waals surface area contributed by atoms with Crippen molar-refractivity contribution < 1.29 is 9.59 Å². The molecule has 0 aliphatic carbocycles. The molecule has 1 aromatic rings. The van der Waals surface area contributed by atoms with Crippen LogP contribution in [0.25, 0.3) is 0 Å². The van der Waals surface area contributed by atoms with Crippen molar-refractivity contribution in [1.29, 1.82) is 0 Å². The Kier molecular flexibility index (Phi) is 4.67. The number of anilines is 1. The maximum Gasteiger partial charge on any atom is 0.241 e. The SMILES string of the molecule is CC(C)(C)[C@@H](N)C(=O)Nc1ccc(CC(N)=O)cc1. The standard InChI is InChI=1S/C14H21N3O2/c1-14(2,3)12(16)13(19)17-10-6-4-9(5-7-10)8-11(15)18/h4-7,12H,8,16H2,1-3H3,(H2,15,18)(H,17,19)/t12-/m0/s1. The van der Waals surface area contributed by atoms with Crippen LogP contribution in [0.4, 0.5) is 5.69 Å². The zero-order chi connectivity index (χ0) is 14.6. The Balaban J connectivity index is 2.68. The molecular weight excluding hydrogens is 242 g/mol. The van der Waals surface area contributed by atoms with E-state index < -0.39 is 6.04 Å². The van der Waals surface area contributed by atoms with Crippen LogP contribution in [-0.2, 0) is 16.0 Å². The average molecular weight is 263 g/mol. The van der Waals surface area contributed by atoms with Gasteiger partial charge in [0.05, 0.1) is 12.5 Å². The van der Waals surface area contributed by atoms with Crippen LogP contribution in [0.15, 0.2) is 24.3 Å². The summed E-state index contributed by atoms with van der Waals surface area (Å²) in [5.74, 6) is -0.610. The molecule has 0 unspecified atom stereocenters. The molecule has 0 fully saturated rings. The van der Waals surface area contributed by atoms with Crippen molar-refractivity contribution in [2.75, 3.05) is 5.32 Å². The molecule has 0 aliphatic heterocycles. The number of benzene rings is 1. The number of primary amides is 1. The van der Waals surface area contributed by atoms with Crippen LogP contribution in [0.5, 0.6) is 0 Å². The summed E-state index contributed by atoms with van der Waals surface area (Å²) in [4.78, 5) is 22.7. The minimum absolute atomic E-state index is 0.190. The second kappa shape index (κ2) is 5.84. The van der Waals surface area contributed by atoms with E-state index >= 15 is 0 Å². The number of hydrogen-bond donors (Lipinski definition) is 3. The third-order valence-electron chi connectivity index (χ3n) is 2.82. The third kappa shape index (κ3) is 4.71. The first-order chi connectivity index (χ1) is 8.70. The van der Waals surface area contributed by atoms with Crippen molar-refractivity contribution in [3.05, 3.63) is 29.8 Å². The maximum absolute atomic E-state index is 11.9. The van der Waals surface area contributed by atoms with Crippen molar-refractivity contribution in [1.82, 2.24) is 0 Å². The van der Waals surface area contributed by atoms with Crippen molar-refractivity contribution in [3.63, 3.8) is 0 Å². The van der Waals surface area contributed by atoms with E-state index in [9.17, 15) is 9.59 Å². The summed E-state index contributed by atoms with van der Waals surface area (Å²) in [5.41, 5.74) is 12.1. The van der Waals surface area contributed by atoms with E-state index in [4.69, 9.17) is 11.5 Å². The van der Waals surface area contributed by atoms with Crippen molar-refractivity contribution in [3.8, 4) is 0 Å². The first-order valence-corrected chi connectivity index (χ1v) is 6.14. The largest absolute Gasteiger partial charge is 0.369 e. The Morgan fingerprint density at radius 3 is 2.16 bits per heavy atom. The molecule has 0 aromatic heterocycles. The van der Waals surface area contributed by atoms with Crippen LogP contribution >= 0.6 is 0 Å². The fraction of sp³-hybridized carbons (Fsp3) is 0.429. The fourth-order valence-electron chi connectivity index (χ4n) is 1.52. The van der Waals surface area contributed by atoms with Crippen LogP contribution in [0.2, 0.25) is 0 Å². The predicted octanol–water partition coefficient (Wildman–Crippen LogP) is 1.03. The molecule has 0 heterocycles. The molecule has 1 rings (SSSR count). The molecule has 1 atom stereocenters. The zero-order valence-electron chi connectivity index (χ0n) is 11.6. The van der Waals surface area contributed by atoms with Crippen LogP contribution < -0.4 is 16.8 Å². The van der Waals surface area contributed by atoms with E-state index in [-0.39, 0.29) is 23.7 Å². The number of hydrogen-bond acceptors (Lipinski definition) is 3. The molecule has 0 spiro atoms. The zero-order valence-corrected chi connectivity index (χ0v) is 11.6. The molecule has 0 saturated heterocycles. The molecular formula is C14H21N3O2. The molecule has 5 nitrogen and oxygen atoms in total. The number of nitrogens with one attached hydrogen (secondary N) is 1. The van der Waals surface area contributed by atoms with E-state index in [1.807, 2.05) is 20.8 Å². The van der Waals surface area contributed by atoms with Gasteiger partial charge >= 0.3 is 0 Å². The highest BCUT2D eigenvalue weighted by atomic mass is 16.2. The fourth-order valence-corrected chi connectivity index (χ4v) is 1.52. The molecule has 104 valence electrons. The molecule has 5 N–H and O–H groups in total. The summed E-state index contributed by atoms with van der Waals surface area (Å²) in [6, 6.07) is 6.38. The van der Waals surface area contributed by atoms with Gasteiger partial charge in [0.1, 0.15) is 0 Å². The summed E-state index contributed by atoms with van der Waals surface area (Å²) in [7, 11) is 0. The van der Waals surface area contributed by atoms with E-state index in [1.165, 1.54) is 0 Å². The van der Waals surface area contributed by atoms with Crippen molar-refractivity contribution >= 4 is 17.5 Å². The highest BCUT2D eigenvalue weighted by molar-refractivity contribution is 5.95. The van der Waals surface area contributed by atoms with Gasteiger partial charge in [-0.15, -0.1) is 0 Å². The number of amides is 2. The van der Waals surface area contributed by atoms with E-state index in [1.54, 1.807) is 24.3 Å². The summed E-state index contributed by atoms with van der Waals surface area (Å²) >= 11 is 0. The second-order valence-corrected chi connectivity index (χ2v) is 5.67. The average Bonchev–Trinajstić information content (AvgIpc) is 2.28. The van der Waals surface area contributed by atoms with Gasteiger partial charge in [0.25, 0.3) is 0 Å². The van der Waals surface area contributed by atoms with Crippen LogP contribution in [0.3, 0.4) is 0 Å². The van der Waals surface area contributed by atoms with Gasteiger partial charge in [-0.2, -0.15) is 0 Å². The molecule has 1 aromatic carbocycles. The van der Waals surface area contributed by atoms with Gasteiger partial charge in [0, 0.05) is 5.69 Å². The highest BCUT2D eigenvalue weighted by Gasteiger charge is 2.27. The third-order valence-corrected chi connectivity index (χ3v) is 2.82. The number of carbonyl (C=O) groups is 2. The smallest absolute Gasteiger partial charge is 0.241 e. The lowest BCUT2D eigenvalue weighted by Crippen LogP contribution is -2.45. The lowest BCUT2D eigenvalue weighted by Gasteiger charge is -2.25. The molecule has 0 aliphatic rings. The quantitative estimate of drug-likeness (QED) is 0.756. The van der Waals surface area contributed by atoms with Crippen molar-refractivity contribution in [2.45, 2.75) is 33.2 Å². The van der Waals surface area contributed by atoms with Crippen LogP contribution in [0, 0.1) is 5.41 Å². The van der Waals surface area contributed by atoms with Crippen LogP contribution in [-0.4, -0.2) is 17.9 Å². The Morgan fingerprint density at radius 2 is 1.74 bits per heavy atom. The first-order valence-electron chi connectivity index (χ1n) is 6.14. The second-order valence-electron chi connectivity index (χ2n) is 5.67. The minimum atomic E-state index is -0.585. The van der Waals surface area contributed by atoms with E-state index in [2.05, 4.69) is 5.32 Å². The number of rotatable bonds is 4. The van der Waals surface area contributed by atoms with Gasteiger partial charge < -0.3 is 16.8 Å². The van der Waals surface area contributed by atoms with E-state index in [0.717, 1.165) is 5.56 Å². The highest BCUT2D eigenvalue weighted by Crippen LogP contribution is 2.19. The summed E-state index contributed by atoms with van der Waals surface area (Å²) in [6.07, 6.45) is 0.190. The van der Waals surface area contributed by atoms with Gasteiger partial charge in [-0.3, -0.25) is 9.59 Å². The summed E-state index contributed by atoms with van der Waals surface area (Å²) in [5, 5.41) is 2.75. The van der Waals surface area contributed by atoms with Crippen molar-refractivity contribution in [2.24, 2.45) is 16.9 Å².